The van der Waals surface area contributed by atoms with E-state index in [1.54, 1.807) is 23.7 Å². The minimum Gasteiger partial charge on any atom is -0.467 e. The van der Waals surface area contributed by atoms with Crippen molar-refractivity contribution in [2.24, 2.45) is 5.10 Å². The fourth-order valence-corrected chi connectivity index (χ4v) is 4.17. The topological polar surface area (TPSA) is 72.1 Å². The third kappa shape index (κ3) is 4.52. The third-order valence-corrected chi connectivity index (χ3v) is 5.96. The van der Waals surface area contributed by atoms with Gasteiger partial charge in [0, 0.05) is 6.42 Å². The van der Waals surface area contributed by atoms with E-state index in [9.17, 15) is 9.59 Å². The molecule has 0 radical (unpaired) electrons. The first kappa shape index (κ1) is 20.1. The van der Waals surface area contributed by atoms with Gasteiger partial charge in [0.05, 0.1) is 23.3 Å². The average molecular weight is 423 g/mol. The fraction of sp³-hybridized carbons (Fsp3) is 0.261. The number of carbonyl (C=O) groups is 2. The minimum atomic E-state index is -0.407. The van der Waals surface area contributed by atoms with Crippen LogP contribution in [0.2, 0.25) is 0 Å². The number of thiophene rings is 1. The highest BCUT2D eigenvalue weighted by atomic mass is 32.1. The number of nitrogens with zero attached hydrogens (tertiary/aromatic N) is 2. The molecule has 0 spiro atoms. The lowest BCUT2D eigenvalue weighted by Crippen LogP contribution is -2.31. The second-order valence-electron chi connectivity index (χ2n) is 7.17. The van der Waals surface area contributed by atoms with Crippen LogP contribution in [-0.4, -0.2) is 29.2 Å². The molecule has 4 rings (SSSR count). The van der Waals surface area contributed by atoms with Crippen LogP contribution in [0.3, 0.4) is 0 Å². The number of esters is 1. The molecule has 1 aliphatic rings. The van der Waals surface area contributed by atoms with E-state index < -0.39 is 5.97 Å². The Labute approximate surface area is 178 Å². The number of hydrogen-bond acceptors (Lipinski definition) is 6. The Bertz CT molecular complexity index is 1010. The number of hydrogen-bond donors (Lipinski definition) is 0. The number of carbonyl (C=O) groups excluding carboxylic acids is 2. The SMILES string of the molecule is CC(CC(=O)OCC(=O)N1N=C(c2cccs2)CC1c1ccco1)c1ccccc1. The molecule has 0 fully saturated rings. The van der Waals surface area contributed by atoms with E-state index in [2.05, 4.69) is 5.10 Å². The molecular formula is C23H22N2O4S. The zero-order valence-electron chi connectivity index (χ0n) is 16.6. The van der Waals surface area contributed by atoms with Crippen LogP contribution in [0.4, 0.5) is 0 Å². The summed E-state index contributed by atoms with van der Waals surface area (Å²) >= 11 is 1.57. The summed E-state index contributed by atoms with van der Waals surface area (Å²) in [7, 11) is 0. The van der Waals surface area contributed by atoms with Gasteiger partial charge in [0.2, 0.25) is 0 Å². The van der Waals surface area contributed by atoms with Crippen LogP contribution in [0.15, 0.2) is 75.8 Å². The number of furan rings is 1. The molecule has 0 saturated heterocycles. The second kappa shape index (κ2) is 9.09. The van der Waals surface area contributed by atoms with Gasteiger partial charge in [-0.3, -0.25) is 9.59 Å². The van der Waals surface area contributed by atoms with E-state index >= 15 is 0 Å². The normalized spacial score (nSPS) is 16.9. The van der Waals surface area contributed by atoms with Gasteiger partial charge in [-0.15, -0.1) is 11.3 Å². The molecule has 2 aromatic heterocycles. The van der Waals surface area contributed by atoms with Crippen molar-refractivity contribution in [1.82, 2.24) is 5.01 Å². The maximum absolute atomic E-state index is 12.8. The molecule has 154 valence electrons. The Kier molecular flexibility index (Phi) is 6.09. The van der Waals surface area contributed by atoms with Crippen molar-refractivity contribution < 1.29 is 18.7 Å². The van der Waals surface area contributed by atoms with Crippen molar-refractivity contribution in [3.63, 3.8) is 0 Å². The molecule has 0 saturated carbocycles. The van der Waals surface area contributed by atoms with Crippen molar-refractivity contribution in [2.45, 2.75) is 31.7 Å². The molecule has 1 aromatic carbocycles. The van der Waals surface area contributed by atoms with E-state index in [0.717, 1.165) is 16.2 Å². The highest BCUT2D eigenvalue weighted by molar-refractivity contribution is 7.12. The summed E-state index contributed by atoms with van der Waals surface area (Å²) in [4.78, 5) is 26.1. The van der Waals surface area contributed by atoms with Crippen molar-refractivity contribution in [3.8, 4) is 0 Å². The van der Waals surface area contributed by atoms with Gasteiger partial charge >= 0.3 is 5.97 Å². The van der Waals surface area contributed by atoms with E-state index in [-0.39, 0.29) is 30.9 Å². The smallest absolute Gasteiger partial charge is 0.306 e. The van der Waals surface area contributed by atoms with Crippen LogP contribution in [0.1, 0.15) is 47.9 Å². The lowest BCUT2D eigenvalue weighted by molar-refractivity contribution is -0.153. The molecule has 30 heavy (non-hydrogen) atoms. The van der Waals surface area contributed by atoms with Gasteiger partial charge < -0.3 is 9.15 Å². The maximum atomic E-state index is 12.8. The van der Waals surface area contributed by atoms with Crippen LogP contribution in [-0.2, 0) is 14.3 Å². The molecule has 2 unspecified atom stereocenters. The maximum Gasteiger partial charge on any atom is 0.306 e. The summed E-state index contributed by atoms with van der Waals surface area (Å²) in [6.45, 7) is 1.61. The van der Waals surface area contributed by atoms with Crippen LogP contribution in [0.5, 0.6) is 0 Å². The molecule has 7 heteroatoms. The van der Waals surface area contributed by atoms with E-state index in [1.165, 1.54) is 5.01 Å². The van der Waals surface area contributed by atoms with E-state index in [0.29, 0.717) is 12.2 Å². The summed E-state index contributed by atoms with van der Waals surface area (Å²) < 4.78 is 10.8. The zero-order valence-corrected chi connectivity index (χ0v) is 17.4. The average Bonchev–Trinajstić information content (AvgIpc) is 3.53. The second-order valence-corrected chi connectivity index (χ2v) is 8.12. The Morgan fingerprint density at radius 2 is 2.03 bits per heavy atom. The van der Waals surface area contributed by atoms with Crippen LogP contribution < -0.4 is 0 Å². The highest BCUT2D eigenvalue weighted by Crippen LogP contribution is 2.34. The predicted molar refractivity (Wildman–Crippen MR) is 114 cm³/mol. The summed E-state index contributed by atoms with van der Waals surface area (Å²) in [5.74, 6) is -0.109. The molecule has 1 amide bonds. The van der Waals surface area contributed by atoms with Crippen molar-refractivity contribution in [3.05, 3.63) is 82.4 Å². The molecule has 3 heterocycles. The fourth-order valence-electron chi connectivity index (χ4n) is 3.45. The summed E-state index contributed by atoms with van der Waals surface area (Å²) in [5.41, 5.74) is 1.88. The first-order valence-corrected chi connectivity index (χ1v) is 10.7. The standard InChI is InChI=1S/C23H22N2O4S/c1-16(17-7-3-2-4-8-17)13-23(27)29-15-22(26)25-19(20-9-5-11-28-20)14-18(24-25)21-10-6-12-30-21/h2-12,16,19H,13-15H2,1H3. The quantitative estimate of drug-likeness (QED) is 0.515. The van der Waals surface area contributed by atoms with Gasteiger partial charge in [-0.05, 0) is 35.1 Å². The summed E-state index contributed by atoms with van der Waals surface area (Å²) in [6.07, 6.45) is 2.34. The van der Waals surface area contributed by atoms with Crippen LogP contribution in [0, 0.1) is 0 Å². The Morgan fingerprint density at radius 3 is 2.73 bits per heavy atom. The molecule has 3 aromatic rings. The van der Waals surface area contributed by atoms with Crippen LogP contribution in [0.25, 0.3) is 0 Å². The number of hydrazone groups is 1. The molecule has 0 bridgehead atoms. The lowest BCUT2D eigenvalue weighted by atomic mass is 9.98. The minimum absolute atomic E-state index is 0.0138. The Morgan fingerprint density at radius 1 is 1.20 bits per heavy atom. The van der Waals surface area contributed by atoms with Gasteiger partial charge in [-0.2, -0.15) is 5.10 Å². The van der Waals surface area contributed by atoms with E-state index in [1.807, 2.05) is 60.8 Å². The number of ether oxygens (including phenoxy) is 1. The zero-order chi connectivity index (χ0) is 20.9. The van der Waals surface area contributed by atoms with Gasteiger partial charge in [0.15, 0.2) is 6.61 Å². The number of benzene rings is 1. The molecule has 0 N–H and O–H groups in total. The van der Waals surface area contributed by atoms with Crippen LogP contribution >= 0.6 is 11.3 Å². The Balaban J connectivity index is 1.39. The number of amides is 1. The van der Waals surface area contributed by atoms with Crippen molar-refractivity contribution >= 4 is 28.9 Å². The third-order valence-electron chi connectivity index (χ3n) is 5.04. The van der Waals surface area contributed by atoms with Crippen molar-refractivity contribution in [2.75, 3.05) is 6.61 Å². The largest absolute Gasteiger partial charge is 0.467 e. The van der Waals surface area contributed by atoms with Crippen molar-refractivity contribution in [1.29, 1.82) is 0 Å². The Hall–Kier alpha value is -3.19. The highest BCUT2D eigenvalue weighted by Gasteiger charge is 2.35. The predicted octanol–water partition coefficient (Wildman–Crippen LogP) is 4.76. The molecule has 0 aliphatic carbocycles. The van der Waals surface area contributed by atoms with Gasteiger partial charge in [0.1, 0.15) is 11.8 Å². The number of rotatable bonds is 7. The van der Waals surface area contributed by atoms with Gasteiger partial charge in [-0.1, -0.05) is 43.3 Å². The molecule has 2 atom stereocenters. The van der Waals surface area contributed by atoms with Gasteiger partial charge in [0.25, 0.3) is 5.91 Å². The molecule has 6 nitrogen and oxygen atoms in total. The summed E-state index contributed by atoms with van der Waals surface area (Å²) in [6, 6.07) is 16.9. The molecule has 1 aliphatic heterocycles. The lowest BCUT2D eigenvalue weighted by Gasteiger charge is -2.20. The monoisotopic (exact) mass is 422 g/mol. The molecular weight excluding hydrogens is 400 g/mol. The summed E-state index contributed by atoms with van der Waals surface area (Å²) in [5, 5.41) is 7.86. The van der Waals surface area contributed by atoms with Gasteiger partial charge in [-0.25, -0.2) is 5.01 Å². The first-order chi connectivity index (χ1) is 14.6. The van der Waals surface area contributed by atoms with E-state index in [4.69, 9.17) is 9.15 Å². The first-order valence-electron chi connectivity index (χ1n) is 9.79.